The highest BCUT2D eigenvalue weighted by Gasteiger charge is 2.29. The molecule has 5 nitrogen and oxygen atoms in total. The Morgan fingerprint density at radius 2 is 2.00 bits per heavy atom. The van der Waals surface area contributed by atoms with Gasteiger partial charge in [0, 0.05) is 47.2 Å². The Kier molecular flexibility index (Phi) is 5.80. The SMILES string of the molecule is COc1cc(C)c2[nH]ccc2c1CN1CCC(C)CC1c1ccc(P(C)(=O)O)cc1. The van der Waals surface area contributed by atoms with Crippen LogP contribution in [0.3, 0.4) is 0 Å². The van der Waals surface area contributed by atoms with E-state index in [0.29, 0.717) is 11.2 Å². The number of hydrogen-bond acceptors (Lipinski definition) is 3. The van der Waals surface area contributed by atoms with Crippen LogP contribution in [0, 0.1) is 12.8 Å². The summed E-state index contributed by atoms with van der Waals surface area (Å²) in [6, 6.07) is 12.2. The van der Waals surface area contributed by atoms with Gasteiger partial charge in [-0.3, -0.25) is 9.46 Å². The number of methoxy groups -OCH3 is 1. The van der Waals surface area contributed by atoms with Crippen molar-refractivity contribution in [2.24, 2.45) is 5.92 Å². The zero-order valence-electron chi connectivity index (χ0n) is 18.2. The predicted octanol–water partition coefficient (Wildman–Crippen LogP) is 4.98. The first-order chi connectivity index (χ1) is 14.3. The average Bonchev–Trinajstić information content (AvgIpc) is 3.21. The maximum Gasteiger partial charge on any atom is 0.226 e. The zero-order valence-corrected chi connectivity index (χ0v) is 19.1. The van der Waals surface area contributed by atoms with E-state index in [-0.39, 0.29) is 6.04 Å². The maximum atomic E-state index is 12.0. The van der Waals surface area contributed by atoms with E-state index >= 15 is 0 Å². The quantitative estimate of drug-likeness (QED) is 0.565. The van der Waals surface area contributed by atoms with Gasteiger partial charge in [-0.1, -0.05) is 19.1 Å². The Morgan fingerprint density at radius 1 is 1.27 bits per heavy atom. The van der Waals surface area contributed by atoms with Gasteiger partial charge in [0.1, 0.15) is 5.75 Å². The number of aromatic nitrogens is 1. The Hall–Kier alpha value is -2.07. The molecule has 160 valence electrons. The first-order valence-electron chi connectivity index (χ1n) is 10.6. The highest BCUT2D eigenvalue weighted by molar-refractivity contribution is 7.65. The number of nitrogens with zero attached hydrogens (tertiary/aromatic N) is 1. The molecule has 1 aliphatic heterocycles. The molecule has 4 rings (SSSR count). The summed E-state index contributed by atoms with van der Waals surface area (Å²) in [6.07, 6.45) is 4.24. The number of piperidine rings is 1. The van der Waals surface area contributed by atoms with E-state index in [9.17, 15) is 9.46 Å². The fraction of sp³-hybridized carbons (Fsp3) is 0.417. The summed E-state index contributed by atoms with van der Waals surface area (Å²) in [6.45, 7) is 7.63. The Morgan fingerprint density at radius 3 is 2.67 bits per heavy atom. The molecule has 0 radical (unpaired) electrons. The summed E-state index contributed by atoms with van der Waals surface area (Å²) in [4.78, 5) is 15.8. The van der Waals surface area contributed by atoms with E-state index in [1.807, 2.05) is 30.5 Å². The first-order valence-corrected chi connectivity index (χ1v) is 12.7. The van der Waals surface area contributed by atoms with Crippen molar-refractivity contribution in [3.05, 3.63) is 59.3 Å². The number of likely N-dealkylation sites (tertiary alicyclic amines) is 1. The highest BCUT2D eigenvalue weighted by atomic mass is 31.2. The minimum absolute atomic E-state index is 0.276. The molecule has 0 spiro atoms. The number of nitrogens with one attached hydrogen (secondary N) is 1. The van der Waals surface area contributed by atoms with Gasteiger partial charge in [0.15, 0.2) is 0 Å². The van der Waals surface area contributed by atoms with Crippen molar-refractivity contribution in [3.63, 3.8) is 0 Å². The van der Waals surface area contributed by atoms with Crippen LogP contribution < -0.4 is 10.0 Å². The molecule has 3 unspecified atom stereocenters. The number of rotatable bonds is 5. The third-order valence-corrected chi connectivity index (χ3v) is 7.68. The molecule has 30 heavy (non-hydrogen) atoms. The Balaban J connectivity index is 1.69. The number of H-pyrrole nitrogens is 1. The molecule has 1 aliphatic rings. The molecule has 3 atom stereocenters. The summed E-state index contributed by atoms with van der Waals surface area (Å²) in [5.41, 5.74) is 4.76. The molecule has 0 amide bonds. The second-order valence-electron chi connectivity index (χ2n) is 8.73. The molecule has 6 heteroatoms. The fourth-order valence-corrected chi connectivity index (χ4v) is 5.39. The monoisotopic (exact) mass is 426 g/mol. The molecule has 2 N–H and O–H groups in total. The standard InChI is InChI=1S/C24H31N2O3P/c1-16-10-12-26(22(13-16)18-5-7-19(8-6-18)30(4,27)28)15-21-20-9-11-25-24(20)17(2)14-23(21)29-3/h5-9,11,14,16,22,25H,10,12-13,15H2,1-4H3,(H,27,28). The normalized spacial score (nSPS) is 22.2. The Labute approximate surface area is 178 Å². The lowest BCUT2D eigenvalue weighted by Crippen LogP contribution is -2.36. The smallest absolute Gasteiger partial charge is 0.226 e. The third kappa shape index (κ3) is 4.07. The van der Waals surface area contributed by atoms with E-state index in [4.69, 9.17) is 4.74 Å². The van der Waals surface area contributed by atoms with Crippen LogP contribution in [0.25, 0.3) is 10.9 Å². The lowest BCUT2D eigenvalue weighted by molar-refractivity contribution is 0.110. The largest absolute Gasteiger partial charge is 0.496 e. The van der Waals surface area contributed by atoms with Crippen molar-refractivity contribution in [1.29, 1.82) is 0 Å². The van der Waals surface area contributed by atoms with E-state index in [0.717, 1.165) is 25.3 Å². The van der Waals surface area contributed by atoms with Crippen molar-refractivity contribution in [3.8, 4) is 5.75 Å². The predicted molar refractivity (Wildman–Crippen MR) is 123 cm³/mol. The Bertz CT molecular complexity index is 1080. The van der Waals surface area contributed by atoms with Gasteiger partial charge in [-0.2, -0.15) is 0 Å². The zero-order chi connectivity index (χ0) is 21.5. The topological polar surface area (TPSA) is 65.6 Å². The van der Waals surface area contributed by atoms with Crippen molar-refractivity contribution in [2.45, 2.75) is 39.3 Å². The van der Waals surface area contributed by atoms with Gasteiger partial charge in [-0.15, -0.1) is 0 Å². The van der Waals surface area contributed by atoms with Gasteiger partial charge in [-0.05, 0) is 67.6 Å². The summed E-state index contributed by atoms with van der Waals surface area (Å²) in [5.74, 6) is 1.58. The third-order valence-electron chi connectivity index (χ3n) is 6.43. The molecular weight excluding hydrogens is 395 g/mol. The van der Waals surface area contributed by atoms with E-state index in [1.54, 1.807) is 7.11 Å². The van der Waals surface area contributed by atoms with E-state index in [1.165, 1.54) is 40.7 Å². The molecule has 1 aromatic heterocycles. The fourth-order valence-electron chi connectivity index (χ4n) is 4.68. The van der Waals surface area contributed by atoms with Crippen molar-refractivity contribution in [1.82, 2.24) is 9.88 Å². The molecule has 0 aliphatic carbocycles. The summed E-state index contributed by atoms with van der Waals surface area (Å²) in [5, 5.41) is 1.72. The van der Waals surface area contributed by atoms with Gasteiger partial charge in [0.25, 0.3) is 0 Å². The summed E-state index contributed by atoms with van der Waals surface area (Å²) >= 11 is 0. The molecule has 2 aromatic carbocycles. The number of fused-ring (bicyclic) bond motifs is 1. The molecule has 3 aromatic rings. The summed E-state index contributed by atoms with van der Waals surface area (Å²) in [7, 11) is -1.49. The number of aryl methyl sites for hydroxylation is 1. The van der Waals surface area contributed by atoms with Crippen LogP contribution >= 0.6 is 7.37 Å². The van der Waals surface area contributed by atoms with Crippen LogP contribution in [0.15, 0.2) is 42.6 Å². The lowest BCUT2D eigenvalue weighted by Gasteiger charge is -2.39. The van der Waals surface area contributed by atoms with Crippen LogP contribution in [0.2, 0.25) is 0 Å². The van der Waals surface area contributed by atoms with E-state index < -0.39 is 7.37 Å². The molecular formula is C24H31N2O3P. The van der Waals surface area contributed by atoms with E-state index in [2.05, 4.69) is 35.9 Å². The highest BCUT2D eigenvalue weighted by Crippen LogP contribution is 2.39. The van der Waals surface area contributed by atoms with Crippen molar-refractivity contribution < 1.29 is 14.2 Å². The van der Waals surface area contributed by atoms with Gasteiger partial charge in [0.05, 0.1) is 7.11 Å². The molecule has 0 saturated carbocycles. The maximum absolute atomic E-state index is 12.0. The molecule has 1 saturated heterocycles. The second kappa shape index (κ2) is 8.22. The molecule has 0 bridgehead atoms. The number of benzene rings is 2. The van der Waals surface area contributed by atoms with Gasteiger partial charge < -0.3 is 14.6 Å². The van der Waals surface area contributed by atoms with Crippen LogP contribution in [-0.4, -0.2) is 35.1 Å². The van der Waals surface area contributed by atoms with Gasteiger partial charge >= 0.3 is 0 Å². The number of hydrogen-bond donors (Lipinski definition) is 2. The van der Waals surface area contributed by atoms with Crippen LogP contribution in [0.1, 0.15) is 42.5 Å². The molecule has 2 heterocycles. The first kappa shape index (κ1) is 21.2. The number of ether oxygens (including phenoxy) is 1. The van der Waals surface area contributed by atoms with Crippen molar-refractivity contribution >= 4 is 23.6 Å². The van der Waals surface area contributed by atoms with Gasteiger partial charge in [0.2, 0.25) is 7.37 Å². The number of aromatic amines is 1. The molecule has 1 fully saturated rings. The summed E-state index contributed by atoms with van der Waals surface area (Å²) < 4.78 is 17.7. The van der Waals surface area contributed by atoms with Crippen LogP contribution in [0.5, 0.6) is 5.75 Å². The minimum Gasteiger partial charge on any atom is -0.496 e. The van der Waals surface area contributed by atoms with Crippen molar-refractivity contribution in [2.75, 3.05) is 20.3 Å². The average molecular weight is 426 g/mol. The lowest BCUT2D eigenvalue weighted by atomic mass is 9.87. The van der Waals surface area contributed by atoms with Crippen LogP contribution in [-0.2, 0) is 11.1 Å². The van der Waals surface area contributed by atoms with Gasteiger partial charge in [-0.25, -0.2) is 0 Å². The van der Waals surface area contributed by atoms with Crippen LogP contribution in [0.4, 0.5) is 0 Å². The minimum atomic E-state index is -3.23. The second-order valence-corrected chi connectivity index (χ2v) is 11.0.